The van der Waals surface area contributed by atoms with E-state index in [1.54, 1.807) is 0 Å². The van der Waals surface area contributed by atoms with Crippen LogP contribution >= 0.6 is 7.82 Å². The van der Waals surface area contributed by atoms with E-state index in [1.165, 1.54) is 0 Å². The molecular formula is C3H5O8P. The first-order valence-electron chi connectivity index (χ1n) is 2.40. The van der Waals surface area contributed by atoms with E-state index >= 15 is 0 Å². The first-order chi connectivity index (χ1) is 5.39. The number of hydrogen-bond acceptors (Lipinski definition) is 6. The van der Waals surface area contributed by atoms with Gasteiger partial charge in [-0.2, -0.15) is 0 Å². The van der Waals surface area contributed by atoms with E-state index in [0.29, 0.717) is 0 Å². The summed E-state index contributed by atoms with van der Waals surface area (Å²) in [7, 11) is -3.73. The van der Waals surface area contributed by atoms with Crippen LogP contribution in [-0.2, 0) is 18.1 Å². The molecule has 2 N–H and O–H groups in total. The normalized spacial score (nSPS) is 10.4. The van der Waals surface area contributed by atoms with Gasteiger partial charge < -0.3 is 19.3 Å². The third-order valence-electron chi connectivity index (χ3n) is 0.603. The van der Waals surface area contributed by atoms with Crippen LogP contribution in [0.4, 0.5) is 9.59 Å². The van der Waals surface area contributed by atoms with Crippen LogP contribution in [0.3, 0.4) is 0 Å². The minimum Gasteiger partial charge on any atom is -0.449 e. The van der Waals surface area contributed by atoms with Gasteiger partial charge in [-0.25, -0.2) is 14.2 Å². The topological polar surface area (TPSA) is 119 Å². The number of carbonyl (C=O) groups is 2. The Morgan fingerprint density at radius 2 is 1.50 bits per heavy atom. The highest BCUT2D eigenvalue weighted by Gasteiger charge is 2.33. The number of phosphoric acid groups is 1. The number of phosphoric ester groups is 1. The van der Waals surface area contributed by atoms with Crippen molar-refractivity contribution >= 4 is 20.1 Å². The summed E-state index contributed by atoms with van der Waals surface area (Å²) in [5.74, 6) is 0. The number of carboxylic acid groups (broad SMARTS) is 2. The van der Waals surface area contributed by atoms with E-state index in [4.69, 9.17) is 10.2 Å². The molecular weight excluding hydrogens is 195 g/mol. The van der Waals surface area contributed by atoms with Gasteiger partial charge in [0.25, 0.3) is 0 Å². The molecule has 0 heterocycles. The summed E-state index contributed by atoms with van der Waals surface area (Å²) in [6, 6.07) is 0. The van der Waals surface area contributed by atoms with E-state index in [0.717, 1.165) is 7.11 Å². The lowest BCUT2D eigenvalue weighted by molar-refractivity contribution is 0.0957. The standard InChI is InChI=1S/C3H5O8P/c1-9-12(8,10-2(4)5)11-3(6)7/h1H3,(H,4,5)(H,6,7). The summed E-state index contributed by atoms with van der Waals surface area (Å²) in [5.41, 5.74) is 0. The molecule has 0 saturated heterocycles. The second-order valence-electron chi connectivity index (χ2n) is 1.34. The molecule has 0 amide bonds. The van der Waals surface area contributed by atoms with Gasteiger partial charge in [-0.05, 0) is 0 Å². The van der Waals surface area contributed by atoms with Crippen LogP contribution in [0.25, 0.3) is 0 Å². The molecule has 0 spiro atoms. The molecule has 0 aromatic heterocycles. The lowest BCUT2D eigenvalue weighted by atomic mass is 11.5. The molecule has 70 valence electrons. The van der Waals surface area contributed by atoms with Gasteiger partial charge in [0, 0.05) is 7.11 Å². The third-order valence-corrected chi connectivity index (χ3v) is 1.81. The van der Waals surface area contributed by atoms with Crippen LogP contribution in [0.5, 0.6) is 0 Å². The number of hydrogen-bond donors (Lipinski definition) is 2. The summed E-state index contributed by atoms with van der Waals surface area (Å²) in [6.45, 7) is 0. The van der Waals surface area contributed by atoms with Crippen LogP contribution in [0.1, 0.15) is 0 Å². The van der Waals surface area contributed by atoms with Crippen molar-refractivity contribution in [2.24, 2.45) is 0 Å². The minimum atomic E-state index is -4.51. The predicted octanol–water partition coefficient (Wildman–Crippen LogP) is 1.13. The zero-order valence-corrected chi connectivity index (χ0v) is 6.69. The molecule has 0 aliphatic rings. The smallest absolute Gasteiger partial charge is 0.449 e. The van der Waals surface area contributed by atoms with Crippen molar-refractivity contribution in [1.82, 2.24) is 0 Å². The van der Waals surface area contributed by atoms with Gasteiger partial charge in [-0.1, -0.05) is 0 Å². The quantitative estimate of drug-likeness (QED) is 0.650. The Labute approximate surface area is 66.3 Å². The fraction of sp³-hybridized carbons (Fsp3) is 0.333. The van der Waals surface area contributed by atoms with Crippen LogP contribution in [0, 0.1) is 0 Å². The monoisotopic (exact) mass is 200 g/mol. The molecule has 12 heavy (non-hydrogen) atoms. The molecule has 0 unspecified atom stereocenters. The Morgan fingerprint density at radius 1 is 1.17 bits per heavy atom. The summed E-state index contributed by atoms with van der Waals surface area (Å²) >= 11 is 0. The third kappa shape index (κ3) is 3.79. The Balaban J connectivity index is 4.35. The second kappa shape index (κ2) is 3.93. The van der Waals surface area contributed by atoms with E-state index in [-0.39, 0.29) is 0 Å². The van der Waals surface area contributed by atoms with E-state index in [1.807, 2.05) is 0 Å². The molecule has 0 rings (SSSR count). The highest BCUT2D eigenvalue weighted by Crippen LogP contribution is 2.48. The fourth-order valence-corrected chi connectivity index (χ4v) is 0.853. The van der Waals surface area contributed by atoms with Gasteiger partial charge in [0.2, 0.25) is 0 Å². The maximum atomic E-state index is 10.8. The zero-order valence-electron chi connectivity index (χ0n) is 5.79. The molecule has 0 radical (unpaired) electrons. The highest BCUT2D eigenvalue weighted by molar-refractivity contribution is 7.49. The average Bonchev–Trinajstić information content (AvgIpc) is 1.83. The van der Waals surface area contributed by atoms with Gasteiger partial charge in [-0.15, -0.1) is 0 Å². The molecule has 8 nitrogen and oxygen atoms in total. The second-order valence-corrected chi connectivity index (χ2v) is 2.97. The molecule has 0 saturated carbocycles. The van der Waals surface area contributed by atoms with Gasteiger partial charge in [0.1, 0.15) is 0 Å². The van der Waals surface area contributed by atoms with Gasteiger partial charge >= 0.3 is 20.1 Å². The zero-order chi connectivity index (χ0) is 9.78. The van der Waals surface area contributed by atoms with E-state index in [2.05, 4.69) is 13.6 Å². The predicted molar refractivity (Wildman–Crippen MR) is 32.8 cm³/mol. The molecule has 0 fully saturated rings. The molecule has 0 bridgehead atoms. The Kier molecular flexibility index (Phi) is 3.52. The molecule has 9 heteroatoms. The Morgan fingerprint density at radius 3 is 1.67 bits per heavy atom. The van der Waals surface area contributed by atoms with Crippen molar-refractivity contribution in [3.8, 4) is 0 Å². The van der Waals surface area contributed by atoms with Crippen LogP contribution in [-0.4, -0.2) is 29.6 Å². The molecule has 0 aliphatic carbocycles. The van der Waals surface area contributed by atoms with Crippen molar-refractivity contribution in [2.75, 3.05) is 7.11 Å². The summed E-state index contributed by atoms with van der Waals surface area (Å²) in [4.78, 5) is 19.6. The van der Waals surface area contributed by atoms with Gasteiger partial charge in [0.15, 0.2) is 0 Å². The SMILES string of the molecule is COP(=O)(OC(=O)O)OC(=O)O. The van der Waals surface area contributed by atoms with E-state index < -0.39 is 20.1 Å². The van der Waals surface area contributed by atoms with Crippen molar-refractivity contribution < 1.29 is 37.9 Å². The molecule has 0 aliphatic heterocycles. The van der Waals surface area contributed by atoms with Gasteiger partial charge in [0.05, 0.1) is 0 Å². The number of rotatable bonds is 3. The maximum absolute atomic E-state index is 10.8. The first kappa shape index (κ1) is 10.7. The van der Waals surface area contributed by atoms with Crippen LogP contribution in [0.15, 0.2) is 0 Å². The van der Waals surface area contributed by atoms with E-state index in [9.17, 15) is 14.2 Å². The summed E-state index contributed by atoms with van der Waals surface area (Å²) in [6.07, 6.45) is -3.91. The van der Waals surface area contributed by atoms with Crippen LogP contribution in [0.2, 0.25) is 0 Å². The largest absolute Gasteiger partial charge is 0.596 e. The van der Waals surface area contributed by atoms with Gasteiger partial charge in [-0.3, -0.25) is 4.52 Å². The van der Waals surface area contributed by atoms with Crippen molar-refractivity contribution in [1.29, 1.82) is 0 Å². The Bertz CT molecular complexity index is 212. The first-order valence-corrected chi connectivity index (χ1v) is 3.86. The maximum Gasteiger partial charge on any atom is 0.596 e. The van der Waals surface area contributed by atoms with Crippen molar-refractivity contribution in [2.45, 2.75) is 0 Å². The molecule has 0 aromatic carbocycles. The minimum absolute atomic E-state index is 0.784. The van der Waals surface area contributed by atoms with Crippen molar-refractivity contribution in [3.05, 3.63) is 0 Å². The fourth-order valence-electron chi connectivity index (χ4n) is 0.284. The lowest BCUT2D eigenvalue weighted by Crippen LogP contribution is -2.06. The Hall–Kier alpha value is -1.27. The van der Waals surface area contributed by atoms with Crippen LogP contribution < -0.4 is 0 Å². The highest BCUT2D eigenvalue weighted by atomic mass is 31.2. The van der Waals surface area contributed by atoms with Crippen molar-refractivity contribution in [3.63, 3.8) is 0 Å². The molecule has 0 atom stereocenters. The molecule has 0 aromatic rings. The summed E-state index contributed by atoms with van der Waals surface area (Å²) in [5, 5.41) is 15.9. The lowest BCUT2D eigenvalue weighted by Gasteiger charge is -2.09. The summed E-state index contributed by atoms with van der Waals surface area (Å²) < 4.78 is 21.8. The average molecular weight is 200 g/mol.